The molecule has 2 atom stereocenters. The lowest BCUT2D eigenvalue weighted by atomic mass is 10.0. The van der Waals surface area contributed by atoms with Crippen LogP contribution in [0.15, 0.2) is 48.6 Å². The molecule has 76 heavy (non-hydrogen) atoms. The smallest absolute Gasteiger partial charge is 0.305 e. The number of nitrogens with one attached hydrogen (secondary N) is 1. The molecule has 6 heteroatoms. The van der Waals surface area contributed by atoms with Gasteiger partial charge in [0, 0.05) is 12.8 Å². The highest BCUT2D eigenvalue weighted by atomic mass is 16.5. The van der Waals surface area contributed by atoms with Crippen LogP contribution in [-0.2, 0) is 14.3 Å². The van der Waals surface area contributed by atoms with Crippen molar-refractivity contribution in [2.24, 2.45) is 0 Å². The van der Waals surface area contributed by atoms with Crippen LogP contribution < -0.4 is 5.32 Å². The Bertz CT molecular complexity index is 1270. The zero-order chi connectivity index (χ0) is 55.0. The van der Waals surface area contributed by atoms with E-state index in [0.29, 0.717) is 19.4 Å². The lowest BCUT2D eigenvalue weighted by Gasteiger charge is -2.20. The second-order valence-corrected chi connectivity index (χ2v) is 23.1. The predicted molar refractivity (Wildman–Crippen MR) is 333 cm³/mol. The van der Waals surface area contributed by atoms with Crippen LogP contribution in [0.25, 0.3) is 0 Å². The van der Waals surface area contributed by atoms with Crippen molar-refractivity contribution in [2.45, 2.75) is 373 Å². The Morgan fingerprint density at radius 3 is 1.04 bits per heavy atom. The number of aliphatic hydroxyl groups excluding tert-OH is 2. The van der Waals surface area contributed by atoms with E-state index in [9.17, 15) is 19.8 Å². The first kappa shape index (κ1) is 73.8. The van der Waals surface area contributed by atoms with E-state index in [1.165, 1.54) is 257 Å². The van der Waals surface area contributed by atoms with Gasteiger partial charge in [-0.2, -0.15) is 0 Å². The molecule has 0 spiro atoms. The van der Waals surface area contributed by atoms with Crippen LogP contribution in [-0.4, -0.2) is 47.4 Å². The summed E-state index contributed by atoms with van der Waals surface area (Å²) in [6.45, 7) is 4.87. The molecule has 0 bridgehead atoms. The maximum Gasteiger partial charge on any atom is 0.305 e. The first-order valence-electron chi connectivity index (χ1n) is 33.9. The van der Waals surface area contributed by atoms with E-state index >= 15 is 0 Å². The molecular weight excluding hydrogens is 935 g/mol. The standard InChI is InChI=1S/C70H131NO5/c1-3-5-7-9-11-13-15-17-19-21-23-24-25-26-27-28-30-31-34-38-42-46-50-54-58-62-68(73)67(66-72)71-69(74)63-59-55-51-47-43-39-35-33-37-41-45-49-53-57-61-65-76-70(75)64-60-56-52-48-44-40-36-32-29-22-20-18-16-14-12-10-8-6-4-2/h12,14,18,20,37,41,58,62,67-68,72-73H,3-11,13,15-17,19,21-36,38-40,42-57,59-61,63-66H2,1-2H3,(H,71,74)/b14-12-,20-18-,41-37-,62-58+. The molecule has 0 aliphatic heterocycles. The lowest BCUT2D eigenvalue weighted by molar-refractivity contribution is -0.143. The normalized spacial score (nSPS) is 12.8. The van der Waals surface area contributed by atoms with E-state index in [4.69, 9.17) is 4.74 Å². The highest BCUT2D eigenvalue weighted by molar-refractivity contribution is 5.76. The highest BCUT2D eigenvalue weighted by Crippen LogP contribution is 2.18. The molecule has 0 saturated heterocycles. The van der Waals surface area contributed by atoms with Gasteiger partial charge in [0.25, 0.3) is 0 Å². The van der Waals surface area contributed by atoms with Crippen LogP contribution in [0.3, 0.4) is 0 Å². The SMILES string of the molecule is CCCCC/C=C\C/C=C\CCCCCCCCCCCC(=O)OCCCCCC/C=C\CCCCCCCCCC(=O)NC(CO)C(O)/C=C/CCCCCCCCCCCCCCCCCCCCCCCCC. The summed E-state index contributed by atoms with van der Waals surface area (Å²) in [5, 5.41) is 23.2. The Balaban J connectivity index is 3.49. The average Bonchev–Trinajstić information content (AvgIpc) is 3.42. The molecule has 0 aliphatic carbocycles. The minimum atomic E-state index is -0.857. The van der Waals surface area contributed by atoms with Crippen molar-refractivity contribution in [1.82, 2.24) is 5.32 Å². The number of rotatable bonds is 63. The second kappa shape index (κ2) is 65.3. The number of unbranched alkanes of at least 4 members (excludes halogenated alkanes) is 46. The van der Waals surface area contributed by atoms with E-state index in [1.807, 2.05) is 6.08 Å². The highest BCUT2D eigenvalue weighted by Gasteiger charge is 2.18. The molecular formula is C70H131NO5. The Kier molecular flexibility index (Phi) is 63.5. The van der Waals surface area contributed by atoms with Gasteiger partial charge in [0.2, 0.25) is 5.91 Å². The van der Waals surface area contributed by atoms with Gasteiger partial charge >= 0.3 is 5.97 Å². The Morgan fingerprint density at radius 1 is 0.368 bits per heavy atom. The number of allylic oxidation sites excluding steroid dienone is 7. The fourth-order valence-electron chi connectivity index (χ4n) is 10.4. The first-order chi connectivity index (χ1) is 37.5. The van der Waals surface area contributed by atoms with Crippen LogP contribution in [0.5, 0.6) is 0 Å². The Hall–Kier alpha value is -2.18. The number of ether oxygens (including phenoxy) is 1. The number of esters is 1. The van der Waals surface area contributed by atoms with Crippen molar-refractivity contribution >= 4 is 11.9 Å². The van der Waals surface area contributed by atoms with E-state index in [2.05, 4.69) is 55.6 Å². The summed E-state index contributed by atoms with van der Waals surface area (Å²) in [6.07, 6.45) is 84.5. The summed E-state index contributed by atoms with van der Waals surface area (Å²) in [5.41, 5.74) is 0. The van der Waals surface area contributed by atoms with E-state index in [1.54, 1.807) is 6.08 Å². The van der Waals surface area contributed by atoms with Crippen molar-refractivity contribution in [2.75, 3.05) is 13.2 Å². The van der Waals surface area contributed by atoms with Gasteiger partial charge in [0.1, 0.15) is 0 Å². The fraction of sp³-hybridized carbons (Fsp3) is 0.857. The van der Waals surface area contributed by atoms with Gasteiger partial charge in [0.05, 0.1) is 25.4 Å². The van der Waals surface area contributed by atoms with Gasteiger partial charge in [0.15, 0.2) is 0 Å². The minimum Gasteiger partial charge on any atom is -0.466 e. The van der Waals surface area contributed by atoms with E-state index < -0.39 is 12.1 Å². The number of carbonyl (C=O) groups excluding carboxylic acids is 2. The Morgan fingerprint density at radius 2 is 0.658 bits per heavy atom. The van der Waals surface area contributed by atoms with Gasteiger partial charge in [-0.25, -0.2) is 0 Å². The van der Waals surface area contributed by atoms with Gasteiger partial charge < -0.3 is 20.3 Å². The molecule has 0 aromatic rings. The summed E-state index contributed by atoms with van der Waals surface area (Å²) in [4.78, 5) is 24.6. The molecule has 1 amide bonds. The van der Waals surface area contributed by atoms with Crippen LogP contribution in [0.1, 0.15) is 361 Å². The quantitative estimate of drug-likeness (QED) is 0.0320. The average molecular weight is 1070 g/mol. The molecule has 0 radical (unpaired) electrons. The predicted octanol–water partition coefficient (Wildman–Crippen LogP) is 21.7. The largest absolute Gasteiger partial charge is 0.466 e. The molecule has 0 rings (SSSR count). The van der Waals surface area contributed by atoms with Gasteiger partial charge in [-0.1, -0.05) is 306 Å². The van der Waals surface area contributed by atoms with Gasteiger partial charge in [-0.15, -0.1) is 0 Å². The maximum atomic E-state index is 12.5. The van der Waals surface area contributed by atoms with Crippen molar-refractivity contribution < 1.29 is 24.5 Å². The van der Waals surface area contributed by atoms with Gasteiger partial charge in [-0.3, -0.25) is 9.59 Å². The third kappa shape index (κ3) is 61.0. The lowest BCUT2D eigenvalue weighted by Crippen LogP contribution is -2.45. The third-order valence-electron chi connectivity index (χ3n) is 15.6. The number of carbonyl (C=O) groups is 2. The fourth-order valence-corrected chi connectivity index (χ4v) is 10.4. The third-order valence-corrected chi connectivity index (χ3v) is 15.6. The zero-order valence-corrected chi connectivity index (χ0v) is 51.0. The van der Waals surface area contributed by atoms with Crippen molar-refractivity contribution in [3.8, 4) is 0 Å². The van der Waals surface area contributed by atoms with Crippen molar-refractivity contribution in [1.29, 1.82) is 0 Å². The van der Waals surface area contributed by atoms with E-state index in [-0.39, 0.29) is 18.5 Å². The number of hydrogen-bond acceptors (Lipinski definition) is 5. The summed E-state index contributed by atoms with van der Waals surface area (Å²) in [5.74, 6) is -0.0949. The maximum absolute atomic E-state index is 12.5. The first-order valence-corrected chi connectivity index (χ1v) is 33.9. The van der Waals surface area contributed by atoms with Crippen LogP contribution in [0, 0.1) is 0 Å². The van der Waals surface area contributed by atoms with E-state index in [0.717, 1.165) is 77.0 Å². The number of hydrogen-bond donors (Lipinski definition) is 3. The number of amides is 1. The van der Waals surface area contributed by atoms with Crippen LogP contribution >= 0.6 is 0 Å². The van der Waals surface area contributed by atoms with Crippen molar-refractivity contribution in [3.63, 3.8) is 0 Å². The van der Waals surface area contributed by atoms with Crippen molar-refractivity contribution in [3.05, 3.63) is 48.6 Å². The molecule has 0 fully saturated rings. The molecule has 446 valence electrons. The second-order valence-electron chi connectivity index (χ2n) is 23.1. The molecule has 2 unspecified atom stereocenters. The molecule has 3 N–H and O–H groups in total. The Labute approximate surface area is 474 Å². The summed E-state index contributed by atoms with van der Waals surface area (Å²) < 4.78 is 5.48. The minimum absolute atomic E-state index is 0.0145. The molecule has 0 aromatic carbocycles. The molecule has 0 heterocycles. The van der Waals surface area contributed by atoms with Gasteiger partial charge in [-0.05, 0) is 89.9 Å². The summed E-state index contributed by atoms with van der Waals surface area (Å²) >= 11 is 0. The molecule has 0 aliphatic rings. The van der Waals surface area contributed by atoms with Crippen LogP contribution in [0.2, 0.25) is 0 Å². The van der Waals surface area contributed by atoms with Crippen LogP contribution in [0.4, 0.5) is 0 Å². The molecule has 6 nitrogen and oxygen atoms in total. The molecule has 0 saturated carbocycles. The molecule has 0 aromatic heterocycles. The zero-order valence-electron chi connectivity index (χ0n) is 51.0. The summed E-state index contributed by atoms with van der Waals surface area (Å²) in [7, 11) is 0. The topological polar surface area (TPSA) is 95.9 Å². The number of aliphatic hydroxyl groups is 2. The summed E-state index contributed by atoms with van der Waals surface area (Å²) in [6, 6.07) is -0.642. The monoisotopic (exact) mass is 1070 g/mol.